The van der Waals surface area contributed by atoms with Crippen LogP contribution in [0.25, 0.3) is 0 Å². The van der Waals surface area contributed by atoms with Gasteiger partial charge in [-0.25, -0.2) is 0 Å². The molecular weight excluding hydrogens is 468 g/mol. The SMILES string of the molecule is Cc1cc(N2C[C@H](NC(=O)c3ccc(Br)s3)CC2=O)ccc1N1CCN(C)CC1=O. The van der Waals surface area contributed by atoms with Crippen LogP contribution in [0.2, 0.25) is 0 Å². The van der Waals surface area contributed by atoms with Gasteiger partial charge in [0.1, 0.15) is 0 Å². The number of carbonyl (C=O) groups is 3. The maximum atomic E-state index is 12.6. The van der Waals surface area contributed by atoms with Crippen molar-refractivity contribution in [2.75, 3.05) is 43.0 Å². The molecule has 2 aliphatic rings. The highest BCUT2D eigenvalue weighted by atomic mass is 79.9. The van der Waals surface area contributed by atoms with Crippen molar-refractivity contribution >= 4 is 56.4 Å². The maximum Gasteiger partial charge on any atom is 0.261 e. The van der Waals surface area contributed by atoms with Crippen molar-refractivity contribution in [1.82, 2.24) is 10.2 Å². The second-order valence-corrected chi connectivity index (χ2v) is 10.2. The Morgan fingerprint density at radius 1 is 1.13 bits per heavy atom. The number of halogens is 1. The summed E-state index contributed by atoms with van der Waals surface area (Å²) in [5.74, 6) is -0.0965. The van der Waals surface area contributed by atoms with Gasteiger partial charge in [-0.2, -0.15) is 0 Å². The van der Waals surface area contributed by atoms with Crippen LogP contribution < -0.4 is 15.1 Å². The second-order valence-electron chi connectivity index (χ2n) is 7.74. The molecule has 0 radical (unpaired) electrons. The van der Waals surface area contributed by atoms with Gasteiger partial charge >= 0.3 is 0 Å². The number of benzene rings is 1. The van der Waals surface area contributed by atoms with E-state index >= 15 is 0 Å². The molecular formula is C21H23BrN4O3S. The lowest BCUT2D eigenvalue weighted by molar-refractivity contribution is -0.121. The van der Waals surface area contributed by atoms with Crippen LogP contribution in [0, 0.1) is 6.92 Å². The molecule has 0 aliphatic carbocycles. The molecule has 30 heavy (non-hydrogen) atoms. The first-order valence-corrected chi connectivity index (χ1v) is 11.4. The van der Waals surface area contributed by atoms with E-state index in [1.807, 2.05) is 48.0 Å². The lowest BCUT2D eigenvalue weighted by atomic mass is 10.1. The number of anilines is 2. The topological polar surface area (TPSA) is 73.0 Å². The van der Waals surface area contributed by atoms with E-state index in [0.29, 0.717) is 24.5 Å². The molecule has 4 rings (SSSR count). The zero-order chi connectivity index (χ0) is 21.4. The van der Waals surface area contributed by atoms with Gasteiger partial charge < -0.3 is 15.1 Å². The molecule has 158 valence electrons. The summed E-state index contributed by atoms with van der Waals surface area (Å²) >= 11 is 4.73. The first kappa shape index (κ1) is 21.0. The molecule has 2 saturated heterocycles. The fourth-order valence-corrected chi connectivity index (χ4v) is 5.19. The Kier molecular flexibility index (Phi) is 5.95. The highest BCUT2D eigenvalue weighted by molar-refractivity contribution is 9.11. The minimum atomic E-state index is -0.231. The summed E-state index contributed by atoms with van der Waals surface area (Å²) in [4.78, 5) is 43.5. The van der Waals surface area contributed by atoms with Crippen LogP contribution in [0.4, 0.5) is 11.4 Å². The van der Waals surface area contributed by atoms with Crippen molar-refractivity contribution in [2.24, 2.45) is 0 Å². The van der Waals surface area contributed by atoms with Crippen LogP contribution in [0.3, 0.4) is 0 Å². The standard InChI is InChI=1S/C21H23BrN4O3S/c1-13-9-15(3-4-16(13)25-8-7-24(2)12-20(25)28)26-11-14(10-19(26)27)23-21(29)17-5-6-18(22)30-17/h3-6,9,14H,7-8,10-12H2,1-2H3,(H,23,29)/t14-/m1/s1. The van der Waals surface area contributed by atoms with Gasteiger partial charge in [0.2, 0.25) is 11.8 Å². The van der Waals surface area contributed by atoms with E-state index in [2.05, 4.69) is 21.2 Å². The summed E-state index contributed by atoms with van der Waals surface area (Å²) < 4.78 is 0.895. The first-order valence-electron chi connectivity index (χ1n) is 9.78. The van der Waals surface area contributed by atoms with Gasteiger partial charge in [0.25, 0.3) is 5.91 Å². The normalized spacial score (nSPS) is 20.2. The number of aryl methyl sites for hydroxylation is 1. The molecule has 0 saturated carbocycles. The van der Waals surface area contributed by atoms with Crippen molar-refractivity contribution in [3.8, 4) is 0 Å². The van der Waals surface area contributed by atoms with Crippen LogP contribution in [-0.4, -0.2) is 61.9 Å². The van der Waals surface area contributed by atoms with Gasteiger partial charge in [-0.15, -0.1) is 11.3 Å². The fourth-order valence-electron chi connectivity index (χ4n) is 3.90. The Balaban J connectivity index is 1.45. The number of amides is 3. The summed E-state index contributed by atoms with van der Waals surface area (Å²) in [5, 5.41) is 2.96. The zero-order valence-electron chi connectivity index (χ0n) is 16.9. The lowest BCUT2D eigenvalue weighted by Crippen LogP contribution is -2.49. The summed E-state index contributed by atoms with van der Waals surface area (Å²) in [7, 11) is 1.94. The number of hydrogen-bond donors (Lipinski definition) is 1. The minimum absolute atomic E-state index is 0.0181. The number of nitrogens with one attached hydrogen (secondary N) is 1. The molecule has 1 N–H and O–H groups in total. The number of rotatable bonds is 4. The van der Waals surface area contributed by atoms with E-state index in [0.717, 1.165) is 27.3 Å². The first-order chi connectivity index (χ1) is 14.3. The average molecular weight is 491 g/mol. The van der Waals surface area contributed by atoms with Gasteiger partial charge in [0.05, 0.1) is 21.3 Å². The van der Waals surface area contributed by atoms with Crippen LogP contribution in [0.1, 0.15) is 21.7 Å². The molecule has 0 unspecified atom stereocenters. The molecule has 2 aromatic rings. The number of hydrogen-bond acceptors (Lipinski definition) is 5. The number of carbonyl (C=O) groups excluding carboxylic acids is 3. The zero-order valence-corrected chi connectivity index (χ0v) is 19.3. The van der Waals surface area contributed by atoms with E-state index < -0.39 is 0 Å². The van der Waals surface area contributed by atoms with E-state index in [-0.39, 0.29) is 30.2 Å². The molecule has 1 aromatic heterocycles. The summed E-state index contributed by atoms with van der Waals surface area (Å²) in [6.07, 6.45) is 0.274. The molecule has 2 aliphatic heterocycles. The molecule has 7 nitrogen and oxygen atoms in total. The predicted molar refractivity (Wildman–Crippen MR) is 121 cm³/mol. The van der Waals surface area contributed by atoms with Crippen molar-refractivity contribution in [3.63, 3.8) is 0 Å². The summed E-state index contributed by atoms with van der Waals surface area (Å²) in [6, 6.07) is 9.11. The van der Waals surface area contributed by atoms with E-state index in [1.54, 1.807) is 11.0 Å². The van der Waals surface area contributed by atoms with Gasteiger partial charge in [0.15, 0.2) is 0 Å². The highest BCUT2D eigenvalue weighted by Gasteiger charge is 2.32. The van der Waals surface area contributed by atoms with Crippen LogP contribution >= 0.6 is 27.3 Å². The monoisotopic (exact) mass is 490 g/mol. The molecule has 3 amide bonds. The number of thiophene rings is 1. The lowest BCUT2D eigenvalue weighted by Gasteiger charge is -2.33. The molecule has 1 atom stereocenters. The van der Waals surface area contributed by atoms with E-state index in [1.165, 1.54) is 11.3 Å². The van der Waals surface area contributed by atoms with Gasteiger partial charge in [-0.05, 0) is 65.8 Å². The van der Waals surface area contributed by atoms with Crippen LogP contribution in [0.5, 0.6) is 0 Å². The number of likely N-dealkylation sites (N-methyl/N-ethyl adjacent to an activating group) is 1. The molecule has 0 bridgehead atoms. The third-order valence-electron chi connectivity index (χ3n) is 5.45. The van der Waals surface area contributed by atoms with Crippen molar-refractivity contribution in [1.29, 1.82) is 0 Å². The Morgan fingerprint density at radius 2 is 1.93 bits per heavy atom. The predicted octanol–water partition coefficient (Wildman–Crippen LogP) is 2.63. The molecule has 3 heterocycles. The Bertz CT molecular complexity index is 1010. The van der Waals surface area contributed by atoms with Crippen molar-refractivity contribution in [2.45, 2.75) is 19.4 Å². The third-order valence-corrected chi connectivity index (χ3v) is 7.07. The van der Waals surface area contributed by atoms with E-state index in [9.17, 15) is 14.4 Å². The minimum Gasteiger partial charge on any atom is -0.346 e. The van der Waals surface area contributed by atoms with Gasteiger partial charge in [-0.3, -0.25) is 19.3 Å². The average Bonchev–Trinajstić information content (AvgIpc) is 3.28. The maximum absolute atomic E-state index is 12.6. The quantitative estimate of drug-likeness (QED) is 0.714. The van der Waals surface area contributed by atoms with E-state index in [4.69, 9.17) is 0 Å². The Hall–Kier alpha value is -2.23. The van der Waals surface area contributed by atoms with Gasteiger partial charge in [-0.1, -0.05) is 0 Å². The number of nitrogens with zero attached hydrogens (tertiary/aromatic N) is 3. The Labute approximate surface area is 187 Å². The largest absolute Gasteiger partial charge is 0.346 e. The second kappa shape index (κ2) is 8.49. The van der Waals surface area contributed by atoms with Crippen LogP contribution in [-0.2, 0) is 9.59 Å². The third kappa shape index (κ3) is 4.28. The highest BCUT2D eigenvalue weighted by Crippen LogP contribution is 2.29. The van der Waals surface area contributed by atoms with Crippen molar-refractivity contribution in [3.05, 3.63) is 44.6 Å². The van der Waals surface area contributed by atoms with Gasteiger partial charge in [0, 0.05) is 37.4 Å². The van der Waals surface area contributed by atoms with Crippen molar-refractivity contribution < 1.29 is 14.4 Å². The Morgan fingerprint density at radius 3 is 2.60 bits per heavy atom. The molecule has 1 aromatic carbocycles. The summed E-state index contributed by atoms with van der Waals surface area (Å²) in [5.41, 5.74) is 2.63. The van der Waals surface area contributed by atoms with Crippen LogP contribution in [0.15, 0.2) is 34.1 Å². The smallest absolute Gasteiger partial charge is 0.261 e. The fraction of sp³-hybridized carbons (Fsp3) is 0.381. The number of piperazine rings is 1. The summed E-state index contributed by atoms with van der Waals surface area (Å²) in [6.45, 7) is 4.29. The molecule has 2 fully saturated rings. The molecule has 0 spiro atoms. The molecule has 9 heteroatoms.